The van der Waals surface area contributed by atoms with Crippen LogP contribution in [0.5, 0.6) is 5.75 Å². The van der Waals surface area contributed by atoms with E-state index in [-0.39, 0.29) is 6.04 Å². The number of rotatable bonds is 8. The Balaban J connectivity index is 1.54. The van der Waals surface area contributed by atoms with E-state index < -0.39 is 17.7 Å². The minimum Gasteiger partial charge on any atom is -0.489 e. The first-order valence-corrected chi connectivity index (χ1v) is 10.9. The molecule has 168 valence electrons. The van der Waals surface area contributed by atoms with E-state index in [0.717, 1.165) is 27.7 Å². The predicted octanol–water partition coefficient (Wildman–Crippen LogP) is 5.62. The molecule has 1 N–H and O–H groups in total. The van der Waals surface area contributed by atoms with Crippen LogP contribution in [0.4, 0.5) is 0 Å². The Morgan fingerprint density at radius 2 is 1.67 bits per heavy atom. The molecule has 0 bridgehead atoms. The molecule has 6 heteroatoms. The van der Waals surface area contributed by atoms with Crippen molar-refractivity contribution < 1.29 is 19.4 Å². The number of carbonyl (C=O) groups excluding carboxylic acids is 1. The molecule has 0 radical (unpaired) electrons. The van der Waals surface area contributed by atoms with Crippen LogP contribution in [-0.4, -0.2) is 26.6 Å². The van der Waals surface area contributed by atoms with Crippen LogP contribution in [0, 0.1) is 0 Å². The van der Waals surface area contributed by atoms with Crippen molar-refractivity contribution in [3.63, 3.8) is 0 Å². The standard InChI is InChI=1S/C27H26N2O4/c1-17(2)29-24-15-19(9-14-23(24)25(28-29)21-7-5-4-6-8-21)16-33-22-12-10-20(11-13-22)18(3)26(30)27(31)32/h4-15,17-18H,16H2,1-3H3,(H,31,32)/t18-/m0/s1. The number of nitrogens with zero attached hydrogens (tertiary/aromatic N) is 2. The fourth-order valence-corrected chi connectivity index (χ4v) is 3.83. The van der Waals surface area contributed by atoms with Gasteiger partial charge in [0.15, 0.2) is 0 Å². The van der Waals surface area contributed by atoms with Gasteiger partial charge in [0.1, 0.15) is 18.1 Å². The van der Waals surface area contributed by atoms with Crippen LogP contribution >= 0.6 is 0 Å². The van der Waals surface area contributed by atoms with Crippen molar-refractivity contribution in [3.8, 4) is 17.0 Å². The third-order valence-corrected chi connectivity index (χ3v) is 5.70. The highest BCUT2D eigenvalue weighted by atomic mass is 16.5. The van der Waals surface area contributed by atoms with E-state index in [1.165, 1.54) is 0 Å². The molecule has 0 amide bonds. The summed E-state index contributed by atoms with van der Waals surface area (Å²) in [4.78, 5) is 22.6. The highest BCUT2D eigenvalue weighted by Gasteiger charge is 2.22. The number of fused-ring (bicyclic) bond motifs is 1. The monoisotopic (exact) mass is 442 g/mol. The number of carboxylic acids is 1. The molecule has 0 aliphatic heterocycles. The molecule has 0 aliphatic rings. The number of Topliss-reactive ketones (excluding diaryl/α,β-unsaturated/α-hetero) is 1. The predicted molar refractivity (Wildman–Crippen MR) is 127 cm³/mol. The normalized spacial score (nSPS) is 12.1. The van der Waals surface area contributed by atoms with Crippen LogP contribution in [0.2, 0.25) is 0 Å². The second kappa shape index (κ2) is 9.28. The van der Waals surface area contributed by atoms with Crippen LogP contribution in [0.3, 0.4) is 0 Å². The number of hydrogen-bond donors (Lipinski definition) is 1. The van der Waals surface area contributed by atoms with Gasteiger partial charge in [-0.1, -0.05) is 61.5 Å². The number of carboxylic acid groups (broad SMARTS) is 1. The summed E-state index contributed by atoms with van der Waals surface area (Å²) in [5, 5.41) is 14.9. The van der Waals surface area contributed by atoms with E-state index in [1.807, 2.05) is 28.9 Å². The number of benzene rings is 3. The van der Waals surface area contributed by atoms with Crippen molar-refractivity contribution in [2.24, 2.45) is 0 Å². The topological polar surface area (TPSA) is 81.4 Å². The number of ether oxygens (including phenoxy) is 1. The first-order chi connectivity index (χ1) is 15.8. The van der Waals surface area contributed by atoms with Crippen LogP contribution in [0.25, 0.3) is 22.2 Å². The van der Waals surface area contributed by atoms with Crippen molar-refractivity contribution in [2.45, 2.75) is 39.3 Å². The second-order valence-electron chi connectivity index (χ2n) is 8.35. The number of aliphatic carboxylic acids is 1. The summed E-state index contributed by atoms with van der Waals surface area (Å²) in [6.45, 7) is 6.19. The van der Waals surface area contributed by atoms with Crippen LogP contribution < -0.4 is 4.74 Å². The quantitative estimate of drug-likeness (QED) is 0.358. The highest BCUT2D eigenvalue weighted by molar-refractivity contribution is 6.34. The van der Waals surface area contributed by atoms with E-state index in [9.17, 15) is 9.59 Å². The average molecular weight is 443 g/mol. The van der Waals surface area contributed by atoms with Gasteiger partial charge in [-0.25, -0.2) is 4.79 Å². The molecule has 3 aromatic carbocycles. The van der Waals surface area contributed by atoms with Gasteiger partial charge in [-0.2, -0.15) is 5.10 Å². The molecule has 0 spiro atoms. The summed E-state index contributed by atoms with van der Waals surface area (Å²) in [5.41, 5.74) is 4.77. The lowest BCUT2D eigenvalue weighted by Crippen LogP contribution is -2.19. The molecule has 4 aromatic rings. The lowest BCUT2D eigenvalue weighted by atomic mass is 9.97. The molecule has 4 rings (SSSR count). The van der Waals surface area contributed by atoms with Gasteiger partial charge in [0, 0.05) is 17.0 Å². The second-order valence-corrected chi connectivity index (χ2v) is 8.35. The van der Waals surface area contributed by atoms with Gasteiger partial charge >= 0.3 is 5.97 Å². The molecular weight excluding hydrogens is 416 g/mol. The summed E-state index contributed by atoms with van der Waals surface area (Å²) in [7, 11) is 0. The van der Waals surface area contributed by atoms with Crippen molar-refractivity contribution in [2.75, 3.05) is 0 Å². The van der Waals surface area contributed by atoms with Crippen molar-refractivity contribution in [1.82, 2.24) is 9.78 Å². The molecule has 6 nitrogen and oxygen atoms in total. The first-order valence-electron chi connectivity index (χ1n) is 10.9. The Hall–Kier alpha value is -3.93. The molecular formula is C27H26N2O4. The summed E-state index contributed by atoms with van der Waals surface area (Å²) in [6, 6.07) is 23.6. The van der Waals surface area contributed by atoms with Crippen molar-refractivity contribution in [1.29, 1.82) is 0 Å². The molecule has 0 aliphatic carbocycles. The zero-order valence-electron chi connectivity index (χ0n) is 18.9. The molecule has 0 saturated heterocycles. The molecule has 1 heterocycles. The summed E-state index contributed by atoms with van der Waals surface area (Å²) < 4.78 is 7.98. The highest BCUT2D eigenvalue weighted by Crippen LogP contribution is 2.31. The van der Waals surface area contributed by atoms with E-state index in [2.05, 4.69) is 38.1 Å². The Morgan fingerprint density at radius 1 is 0.970 bits per heavy atom. The molecule has 0 saturated carbocycles. The maximum atomic E-state index is 11.7. The van der Waals surface area contributed by atoms with E-state index >= 15 is 0 Å². The van der Waals surface area contributed by atoms with E-state index in [1.54, 1.807) is 31.2 Å². The average Bonchev–Trinajstić information content (AvgIpc) is 3.22. The SMILES string of the molecule is CC(C)n1nc(-c2ccccc2)c2ccc(COc3ccc([C@H](C)C(=O)C(=O)O)cc3)cc21. The van der Waals surface area contributed by atoms with Crippen molar-refractivity contribution in [3.05, 3.63) is 83.9 Å². The summed E-state index contributed by atoms with van der Waals surface area (Å²) in [5.74, 6) is -2.30. The Labute approximate surface area is 192 Å². The van der Waals surface area contributed by atoms with Gasteiger partial charge in [0.25, 0.3) is 0 Å². The first kappa shape index (κ1) is 22.3. The van der Waals surface area contributed by atoms with Gasteiger partial charge in [-0.3, -0.25) is 9.48 Å². The fourth-order valence-electron chi connectivity index (χ4n) is 3.83. The minimum absolute atomic E-state index is 0.212. The van der Waals surface area contributed by atoms with Gasteiger partial charge in [0.05, 0.1) is 11.4 Å². The molecule has 0 unspecified atom stereocenters. The van der Waals surface area contributed by atoms with E-state index in [0.29, 0.717) is 17.9 Å². The van der Waals surface area contributed by atoms with Gasteiger partial charge < -0.3 is 9.84 Å². The smallest absolute Gasteiger partial charge is 0.372 e. The largest absolute Gasteiger partial charge is 0.489 e. The minimum atomic E-state index is -1.42. The Bertz CT molecular complexity index is 1290. The maximum absolute atomic E-state index is 11.7. The summed E-state index contributed by atoms with van der Waals surface area (Å²) >= 11 is 0. The third-order valence-electron chi connectivity index (χ3n) is 5.70. The van der Waals surface area contributed by atoms with E-state index in [4.69, 9.17) is 14.9 Å². The van der Waals surface area contributed by atoms with Gasteiger partial charge in [0.2, 0.25) is 5.78 Å². The molecule has 1 aromatic heterocycles. The Kier molecular flexibility index (Phi) is 6.27. The number of hydrogen-bond acceptors (Lipinski definition) is 4. The molecule has 1 atom stereocenters. The molecule has 33 heavy (non-hydrogen) atoms. The molecule has 0 fully saturated rings. The zero-order chi connectivity index (χ0) is 23.5. The van der Waals surface area contributed by atoms with Crippen molar-refractivity contribution >= 4 is 22.7 Å². The lowest BCUT2D eigenvalue weighted by Gasteiger charge is -2.11. The van der Waals surface area contributed by atoms with Crippen LogP contribution in [0.15, 0.2) is 72.8 Å². The zero-order valence-corrected chi connectivity index (χ0v) is 18.9. The third kappa shape index (κ3) is 4.65. The van der Waals surface area contributed by atoms with Crippen LogP contribution in [0.1, 0.15) is 43.9 Å². The fraction of sp³-hybridized carbons (Fsp3) is 0.222. The number of carbonyl (C=O) groups is 2. The number of ketones is 1. The Morgan fingerprint density at radius 3 is 2.30 bits per heavy atom. The van der Waals surface area contributed by atoms with Gasteiger partial charge in [-0.05, 0) is 43.2 Å². The van der Waals surface area contributed by atoms with Gasteiger partial charge in [-0.15, -0.1) is 0 Å². The maximum Gasteiger partial charge on any atom is 0.372 e. The summed E-state index contributed by atoms with van der Waals surface area (Å²) in [6.07, 6.45) is 0. The number of aromatic nitrogens is 2. The lowest BCUT2D eigenvalue weighted by molar-refractivity contribution is -0.149. The van der Waals surface area contributed by atoms with Crippen LogP contribution in [-0.2, 0) is 16.2 Å².